The third kappa shape index (κ3) is 3.10. The second-order valence-electron chi connectivity index (χ2n) is 8.30. The minimum Gasteiger partial charge on any atom is -0.502 e. The number of fused-ring (bicyclic) bond motifs is 3. The van der Waals surface area contributed by atoms with E-state index in [2.05, 4.69) is 24.3 Å². The maximum atomic E-state index is 10.7. The number of phenols is 2. The van der Waals surface area contributed by atoms with Gasteiger partial charge in [-0.05, 0) is 57.6 Å². The molecule has 6 heteroatoms. The van der Waals surface area contributed by atoms with Crippen LogP contribution in [-0.4, -0.2) is 38.7 Å². The third-order valence-electron chi connectivity index (χ3n) is 6.78. The lowest BCUT2D eigenvalue weighted by atomic mass is 9.67. The summed E-state index contributed by atoms with van der Waals surface area (Å²) in [6.07, 6.45) is 0. The van der Waals surface area contributed by atoms with Crippen LogP contribution in [0.5, 0.6) is 34.5 Å². The minimum absolute atomic E-state index is 0.0747. The summed E-state index contributed by atoms with van der Waals surface area (Å²) in [5.74, 6) is 1.01. The van der Waals surface area contributed by atoms with Crippen LogP contribution in [0.3, 0.4) is 0 Å². The molecule has 2 N–H and O–H groups in total. The number of benzene rings is 4. The van der Waals surface area contributed by atoms with Gasteiger partial charge < -0.3 is 29.2 Å². The summed E-state index contributed by atoms with van der Waals surface area (Å²) in [4.78, 5) is 0. The molecule has 4 aromatic rings. The van der Waals surface area contributed by atoms with E-state index in [9.17, 15) is 10.2 Å². The van der Waals surface area contributed by atoms with Crippen molar-refractivity contribution in [3.05, 3.63) is 95.1 Å². The van der Waals surface area contributed by atoms with E-state index < -0.39 is 5.41 Å². The lowest BCUT2D eigenvalue weighted by molar-refractivity contribution is 0.337. The molecular weight excluding hydrogens is 444 g/mol. The second-order valence-corrected chi connectivity index (χ2v) is 8.30. The Labute approximate surface area is 203 Å². The maximum Gasteiger partial charge on any atom is 0.200 e. The van der Waals surface area contributed by atoms with Gasteiger partial charge in [0.15, 0.2) is 23.0 Å². The first-order valence-electron chi connectivity index (χ1n) is 11.1. The molecule has 6 nitrogen and oxygen atoms in total. The van der Waals surface area contributed by atoms with Crippen molar-refractivity contribution in [2.45, 2.75) is 5.41 Å². The molecule has 0 unspecified atom stereocenters. The van der Waals surface area contributed by atoms with Crippen molar-refractivity contribution in [1.29, 1.82) is 0 Å². The van der Waals surface area contributed by atoms with E-state index in [-0.39, 0.29) is 11.5 Å². The van der Waals surface area contributed by atoms with E-state index in [1.807, 2.05) is 48.5 Å². The molecule has 0 amide bonds. The molecule has 0 bridgehead atoms. The molecular formula is C29H26O6. The van der Waals surface area contributed by atoms with Crippen molar-refractivity contribution in [3.8, 4) is 45.6 Å². The Hall–Kier alpha value is -4.32. The van der Waals surface area contributed by atoms with Crippen LogP contribution >= 0.6 is 0 Å². The lowest BCUT2D eigenvalue weighted by Gasteiger charge is -2.35. The van der Waals surface area contributed by atoms with Crippen molar-refractivity contribution in [3.63, 3.8) is 0 Å². The van der Waals surface area contributed by atoms with Crippen LogP contribution in [0, 0.1) is 0 Å². The summed E-state index contributed by atoms with van der Waals surface area (Å²) < 4.78 is 22.1. The van der Waals surface area contributed by atoms with Crippen molar-refractivity contribution in [2.75, 3.05) is 28.4 Å². The van der Waals surface area contributed by atoms with Crippen LogP contribution in [0.4, 0.5) is 0 Å². The van der Waals surface area contributed by atoms with Gasteiger partial charge >= 0.3 is 0 Å². The molecule has 0 aromatic heterocycles. The number of ether oxygens (including phenoxy) is 4. The fourth-order valence-corrected chi connectivity index (χ4v) is 5.24. The molecule has 0 fully saturated rings. The van der Waals surface area contributed by atoms with E-state index in [4.69, 9.17) is 18.9 Å². The fourth-order valence-electron chi connectivity index (χ4n) is 5.24. The molecule has 4 aromatic carbocycles. The highest BCUT2D eigenvalue weighted by Gasteiger charge is 2.47. The Kier molecular flexibility index (Phi) is 5.44. The van der Waals surface area contributed by atoms with Gasteiger partial charge in [-0.15, -0.1) is 0 Å². The van der Waals surface area contributed by atoms with E-state index in [0.29, 0.717) is 23.0 Å². The van der Waals surface area contributed by atoms with Crippen LogP contribution in [0.2, 0.25) is 0 Å². The van der Waals surface area contributed by atoms with Crippen molar-refractivity contribution in [2.24, 2.45) is 0 Å². The Morgan fingerprint density at radius 3 is 1.14 bits per heavy atom. The van der Waals surface area contributed by atoms with Crippen LogP contribution < -0.4 is 18.9 Å². The molecule has 5 rings (SSSR count). The first kappa shape index (κ1) is 22.5. The quantitative estimate of drug-likeness (QED) is 0.342. The Bertz CT molecular complexity index is 1270. The Morgan fingerprint density at radius 2 is 0.829 bits per heavy atom. The summed E-state index contributed by atoms with van der Waals surface area (Å²) in [7, 11) is 6.03. The number of rotatable bonds is 6. The molecule has 178 valence electrons. The number of hydrogen-bond donors (Lipinski definition) is 2. The highest BCUT2D eigenvalue weighted by atomic mass is 16.5. The molecule has 0 saturated heterocycles. The van der Waals surface area contributed by atoms with Gasteiger partial charge in [-0.2, -0.15) is 0 Å². The van der Waals surface area contributed by atoms with Gasteiger partial charge in [-0.1, -0.05) is 48.5 Å². The molecule has 35 heavy (non-hydrogen) atoms. The van der Waals surface area contributed by atoms with Crippen LogP contribution in [0.1, 0.15) is 22.3 Å². The second kappa shape index (κ2) is 8.47. The maximum absolute atomic E-state index is 10.7. The van der Waals surface area contributed by atoms with Gasteiger partial charge in [-0.3, -0.25) is 0 Å². The van der Waals surface area contributed by atoms with Gasteiger partial charge in [0.05, 0.1) is 33.9 Å². The minimum atomic E-state index is -0.851. The smallest absolute Gasteiger partial charge is 0.200 e. The first-order valence-corrected chi connectivity index (χ1v) is 11.1. The van der Waals surface area contributed by atoms with E-state index >= 15 is 0 Å². The van der Waals surface area contributed by atoms with E-state index in [1.165, 1.54) is 28.4 Å². The average molecular weight is 471 g/mol. The predicted molar refractivity (Wildman–Crippen MR) is 133 cm³/mol. The van der Waals surface area contributed by atoms with E-state index in [1.54, 1.807) is 0 Å². The van der Waals surface area contributed by atoms with Crippen molar-refractivity contribution in [1.82, 2.24) is 0 Å². The highest BCUT2D eigenvalue weighted by molar-refractivity contribution is 5.87. The summed E-state index contributed by atoms with van der Waals surface area (Å²) in [6.45, 7) is 0. The summed E-state index contributed by atoms with van der Waals surface area (Å²) in [6, 6.07) is 23.7. The first-order chi connectivity index (χ1) is 17.0. The zero-order chi connectivity index (χ0) is 24.7. The van der Waals surface area contributed by atoms with Gasteiger partial charge in [0.2, 0.25) is 11.5 Å². The monoisotopic (exact) mass is 470 g/mol. The zero-order valence-electron chi connectivity index (χ0n) is 20.0. The molecule has 0 aliphatic heterocycles. The SMILES string of the molecule is COc1cc(C2(c3cc(OC)c(O)c(OC)c3)c3ccccc3-c3ccccc32)cc(OC)c1O. The topological polar surface area (TPSA) is 77.4 Å². The van der Waals surface area contributed by atoms with Crippen LogP contribution in [-0.2, 0) is 5.41 Å². The number of methoxy groups -OCH3 is 4. The van der Waals surface area contributed by atoms with Crippen LogP contribution in [0.15, 0.2) is 72.8 Å². The lowest BCUT2D eigenvalue weighted by Crippen LogP contribution is -2.29. The third-order valence-corrected chi connectivity index (χ3v) is 6.78. The van der Waals surface area contributed by atoms with Gasteiger partial charge in [-0.25, -0.2) is 0 Å². The zero-order valence-corrected chi connectivity index (χ0v) is 20.0. The Balaban J connectivity index is 1.99. The molecule has 1 aliphatic carbocycles. The Morgan fingerprint density at radius 1 is 0.514 bits per heavy atom. The molecule has 0 spiro atoms. The van der Waals surface area contributed by atoms with Crippen LogP contribution in [0.25, 0.3) is 11.1 Å². The normalized spacial score (nSPS) is 13.0. The molecule has 0 radical (unpaired) electrons. The largest absolute Gasteiger partial charge is 0.502 e. The van der Waals surface area contributed by atoms with Crippen molar-refractivity contribution < 1.29 is 29.2 Å². The fraction of sp³-hybridized carbons (Fsp3) is 0.172. The summed E-state index contributed by atoms with van der Waals surface area (Å²) >= 11 is 0. The van der Waals surface area contributed by atoms with Gasteiger partial charge in [0, 0.05) is 0 Å². The average Bonchev–Trinajstić information content (AvgIpc) is 3.20. The highest BCUT2D eigenvalue weighted by Crippen LogP contribution is 2.59. The number of hydrogen-bond acceptors (Lipinski definition) is 6. The number of aromatic hydroxyl groups is 2. The molecule has 1 aliphatic rings. The standard InChI is InChI=1S/C29H26O6/c1-32-23-13-17(14-24(33-2)27(23)30)29(18-15-25(34-3)28(31)26(16-18)35-4)21-11-7-5-9-19(21)20-10-6-8-12-22(20)29/h5-16,30-31H,1-4H3. The van der Waals surface area contributed by atoms with Gasteiger partial charge in [0.25, 0.3) is 0 Å². The summed E-state index contributed by atoms with van der Waals surface area (Å²) in [5, 5.41) is 21.4. The predicted octanol–water partition coefficient (Wildman–Crippen LogP) is 5.50. The number of phenolic OH excluding ortho intramolecular Hbond substituents is 2. The molecule has 0 atom stereocenters. The van der Waals surface area contributed by atoms with Gasteiger partial charge in [0.1, 0.15) is 0 Å². The van der Waals surface area contributed by atoms with E-state index in [0.717, 1.165) is 33.4 Å². The molecule has 0 saturated carbocycles. The molecule has 0 heterocycles. The summed E-state index contributed by atoms with van der Waals surface area (Å²) in [5.41, 5.74) is 5.01. The van der Waals surface area contributed by atoms with Crippen molar-refractivity contribution >= 4 is 0 Å².